The van der Waals surface area contributed by atoms with Crippen molar-refractivity contribution in [1.82, 2.24) is 15.1 Å². The molecule has 0 aliphatic carbocycles. The van der Waals surface area contributed by atoms with Crippen molar-refractivity contribution in [1.29, 1.82) is 0 Å². The van der Waals surface area contributed by atoms with Gasteiger partial charge in [-0.05, 0) is 27.2 Å². The first-order valence-corrected chi connectivity index (χ1v) is 5.71. The Morgan fingerprint density at radius 2 is 2.25 bits per heavy atom. The summed E-state index contributed by atoms with van der Waals surface area (Å²) in [5.74, 6) is 0. The molecule has 16 heavy (non-hydrogen) atoms. The number of aryl methyl sites for hydroxylation is 1. The van der Waals surface area contributed by atoms with Crippen molar-refractivity contribution in [2.24, 2.45) is 7.05 Å². The average molecular weight is 225 g/mol. The zero-order chi connectivity index (χ0) is 12.2. The van der Waals surface area contributed by atoms with Gasteiger partial charge in [0.2, 0.25) is 0 Å². The van der Waals surface area contributed by atoms with Crippen LogP contribution in [-0.4, -0.2) is 29.5 Å². The molecule has 4 nitrogen and oxygen atoms in total. The van der Waals surface area contributed by atoms with Crippen LogP contribution in [-0.2, 0) is 17.3 Å². The van der Waals surface area contributed by atoms with Gasteiger partial charge in [0.1, 0.15) is 0 Å². The molecule has 1 heterocycles. The van der Waals surface area contributed by atoms with Crippen LogP contribution in [0.15, 0.2) is 12.4 Å². The van der Waals surface area contributed by atoms with Crippen LogP contribution in [0.2, 0.25) is 0 Å². The van der Waals surface area contributed by atoms with Gasteiger partial charge in [0.05, 0.1) is 6.20 Å². The second-order valence-electron chi connectivity index (χ2n) is 4.85. The van der Waals surface area contributed by atoms with E-state index in [1.807, 2.05) is 17.9 Å². The van der Waals surface area contributed by atoms with E-state index in [4.69, 9.17) is 4.74 Å². The number of aromatic nitrogens is 2. The molecule has 1 N–H and O–H groups in total. The lowest BCUT2D eigenvalue weighted by atomic mass is 9.96. The summed E-state index contributed by atoms with van der Waals surface area (Å²) in [4.78, 5) is 0. The van der Waals surface area contributed by atoms with Gasteiger partial charge in [-0.15, -0.1) is 0 Å². The first-order chi connectivity index (χ1) is 7.45. The van der Waals surface area contributed by atoms with E-state index in [-0.39, 0.29) is 5.54 Å². The molecular weight excluding hydrogens is 202 g/mol. The van der Waals surface area contributed by atoms with Crippen LogP contribution in [0.1, 0.15) is 32.8 Å². The Hall–Kier alpha value is -0.870. The summed E-state index contributed by atoms with van der Waals surface area (Å²) in [6.07, 6.45) is 4.98. The second-order valence-corrected chi connectivity index (χ2v) is 4.85. The second kappa shape index (κ2) is 5.46. The average Bonchev–Trinajstić information content (AvgIpc) is 2.62. The maximum Gasteiger partial charge on any atom is 0.0540 e. The predicted octanol–water partition coefficient (Wildman–Crippen LogP) is 1.67. The van der Waals surface area contributed by atoms with E-state index in [1.165, 1.54) is 5.56 Å². The third-order valence-corrected chi connectivity index (χ3v) is 2.79. The highest BCUT2D eigenvalue weighted by molar-refractivity contribution is 5.15. The summed E-state index contributed by atoms with van der Waals surface area (Å²) in [6, 6.07) is 0.426. The van der Waals surface area contributed by atoms with Crippen LogP contribution < -0.4 is 5.32 Å². The molecule has 0 amide bonds. The minimum Gasteiger partial charge on any atom is -0.385 e. The lowest BCUT2D eigenvalue weighted by Gasteiger charge is -2.29. The SMILES string of the molecule is COCCC(C)NC(C)(C)c1cnn(C)c1. The molecule has 0 saturated carbocycles. The topological polar surface area (TPSA) is 39.1 Å². The van der Waals surface area contributed by atoms with Crippen molar-refractivity contribution in [3.63, 3.8) is 0 Å². The molecule has 0 bridgehead atoms. The van der Waals surface area contributed by atoms with E-state index in [2.05, 4.69) is 37.4 Å². The summed E-state index contributed by atoms with van der Waals surface area (Å²) in [6.45, 7) is 7.31. The molecule has 1 aromatic heterocycles. The lowest BCUT2D eigenvalue weighted by molar-refractivity contribution is 0.178. The molecule has 92 valence electrons. The van der Waals surface area contributed by atoms with E-state index in [0.717, 1.165) is 13.0 Å². The Labute approximate surface area is 98.0 Å². The van der Waals surface area contributed by atoms with E-state index in [9.17, 15) is 0 Å². The number of hydrogen-bond acceptors (Lipinski definition) is 3. The van der Waals surface area contributed by atoms with Crippen LogP contribution in [0.25, 0.3) is 0 Å². The Morgan fingerprint density at radius 3 is 2.75 bits per heavy atom. The smallest absolute Gasteiger partial charge is 0.0540 e. The van der Waals surface area contributed by atoms with Crippen LogP contribution in [0.5, 0.6) is 0 Å². The molecule has 0 saturated heterocycles. The fraction of sp³-hybridized carbons (Fsp3) is 0.750. The molecule has 0 aliphatic heterocycles. The largest absolute Gasteiger partial charge is 0.385 e. The Balaban J connectivity index is 2.57. The molecule has 1 unspecified atom stereocenters. The molecule has 0 fully saturated rings. The van der Waals surface area contributed by atoms with Gasteiger partial charge < -0.3 is 10.1 Å². The van der Waals surface area contributed by atoms with Gasteiger partial charge in [0.25, 0.3) is 0 Å². The quantitative estimate of drug-likeness (QED) is 0.800. The zero-order valence-electron chi connectivity index (χ0n) is 10.9. The summed E-state index contributed by atoms with van der Waals surface area (Å²) in [7, 11) is 3.67. The van der Waals surface area contributed by atoms with Gasteiger partial charge in [-0.1, -0.05) is 0 Å². The van der Waals surface area contributed by atoms with E-state index in [1.54, 1.807) is 7.11 Å². The number of methoxy groups -OCH3 is 1. The highest BCUT2D eigenvalue weighted by atomic mass is 16.5. The number of hydrogen-bond donors (Lipinski definition) is 1. The van der Waals surface area contributed by atoms with Gasteiger partial charge >= 0.3 is 0 Å². The summed E-state index contributed by atoms with van der Waals surface area (Å²) < 4.78 is 6.91. The maximum absolute atomic E-state index is 5.08. The Bertz CT molecular complexity index is 320. The zero-order valence-corrected chi connectivity index (χ0v) is 10.9. The molecule has 1 rings (SSSR count). The highest BCUT2D eigenvalue weighted by Crippen LogP contribution is 2.20. The van der Waals surface area contributed by atoms with E-state index in [0.29, 0.717) is 6.04 Å². The molecule has 0 aliphatic rings. The van der Waals surface area contributed by atoms with Gasteiger partial charge in [0, 0.05) is 44.1 Å². The van der Waals surface area contributed by atoms with E-state index < -0.39 is 0 Å². The fourth-order valence-corrected chi connectivity index (χ4v) is 1.81. The van der Waals surface area contributed by atoms with Gasteiger partial charge in [-0.2, -0.15) is 5.10 Å². The molecule has 1 aromatic rings. The third-order valence-electron chi connectivity index (χ3n) is 2.79. The Morgan fingerprint density at radius 1 is 1.56 bits per heavy atom. The standard InChI is InChI=1S/C12H23N3O/c1-10(6-7-16-5)14-12(2,3)11-8-13-15(4)9-11/h8-10,14H,6-7H2,1-5H3. The predicted molar refractivity (Wildman–Crippen MR) is 65.3 cm³/mol. The van der Waals surface area contributed by atoms with Crippen molar-refractivity contribution < 1.29 is 4.74 Å². The van der Waals surface area contributed by atoms with Gasteiger partial charge in [0.15, 0.2) is 0 Å². The minimum absolute atomic E-state index is 0.0541. The molecule has 0 radical (unpaired) electrons. The number of nitrogens with one attached hydrogen (secondary N) is 1. The number of rotatable bonds is 6. The summed E-state index contributed by atoms with van der Waals surface area (Å²) in [5.41, 5.74) is 1.15. The van der Waals surface area contributed by atoms with Crippen molar-refractivity contribution in [2.45, 2.75) is 38.8 Å². The molecular formula is C12H23N3O. The normalized spacial score (nSPS) is 14.1. The van der Waals surface area contributed by atoms with Crippen molar-refractivity contribution in [3.05, 3.63) is 18.0 Å². The molecule has 0 spiro atoms. The fourth-order valence-electron chi connectivity index (χ4n) is 1.81. The molecule has 1 atom stereocenters. The van der Waals surface area contributed by atoms with Gasteiger partial charge in [-0.25, -0.2) is 0 Å². The van der Waals surface area contributed by atoms with Crippen LogP contribution in [0.3, 0.4) is 0 Å². The van der Waals surface area contributed by atoms with Gasteiger partial charge in [-0.3, -0.25) is 4.68 Å². The Kier molecular flexibility index (Phi) is 4.50. The maximum atomic E-state index is 5.08. The first kappa shape index (κ1) is 13.2. The van der Waals surface area contributed by atoms with Crippen molar-refractivity contribution >= 4 is 0 Å². The number of nitrogens with zero attached hydrogens (tertiary/aromatic N) is 2. The lowest BCUT2D eigenvalue weighted by Crippen LogP contribution is -2.42. The van der Waals surface area contributed by atoms with Crippen LogP contribution in [0.4, 0.5) is 0 Å². The van der Waals surface area contributed by atoms with Crippen molar-refractivity contribution in [3.8, 4) is 0 Å². The summed E-state index contributed by atoms with van der Waals surface area (Å²) >= 11 is 0. The first-order valence-electron chi connectivity index (χ1n) is 5.71. The summed E-state index contributed by atoms with van der Waals surface area (Å²) in [5, 5.41) is 7.79. The van der Waals surface area contributed by atoms with Crippen LogP contribution in [0, 0.1) is 0 Å². The molecule has 4 heteroatoms. The van der Waals surface area contributed by atoms with Crippen LogP contribution >= 0.6 is 0 Å². The van der Waals surface area contributed by atoms with Crippen molar-refractivity contribution in [2.75, 3.05) is 13.7 Å². The van der Waals surface area contributed by atoms with E-state index >= 15 is 0 Å². The minimum atomic E-state index is -0.0541. The number of ether oxygens (including phenoxy) is 1. The molecule has 0 aromatic carbocycles. The highest BCUT2D eigenvalue weighted by Gasteiger charge is 2.23. The third kappa shape index (κ3) is 3.61. The monoisotopic (exact) mass is 225 g/mol.